The van der Waals surface area contributed by atoms with Crippen LogP contribution in [0.3, 0.4) is 0 Å². The maximum atomic E-state index is 13.3. The Kier molecular flexibility index (Phi) is 6.32. The average Bonchev–Trinajstić information content (AvgIpc) is 2.66. The zero-order chi connectivity index (χ0) is 21.2. The van der Waals surface area contributed by atoms with Crippen molar-refractivity contribution >= 4 is 5.91 Å². The Bertz CT molecular complexity index is 851. The number of hydrogen-bond acceptors (Lipinski definition) is 2. The van der Waals surface area contributed by atoms with E-state index in [1.807, 2.05) is 37.4 Å². The lowest BCUT2D eigenvalue weighted by Gasteiger charge is -2.41. The van der Waals surface area contributed by atoms with Gasteiger partial charge in [-0.1, -0.05) is 43.3 Å². The Balaban J connectivity index is 1.92. The molecule has 29 heavy (non-hydrogen) atoms. The predicted molar refractivity (Wildman–Crippen MR) is 108 cm³/mol. The SMILES string of the molecule is Cc1c(C(=O)NC(c2ccccc2)C2CCC(C)CN2C)cccc1C(F)(F)F. The van der Waals surface area contributed by atoms with Crippen molar-refractivity contribution in [2.24, 2.45) is 5.92 Å². The molecule has 1 aliphatic heterocycles. The van der Waals surface area contributed by atoms with Crippen LogP contribution in [0.1, 0.15) is 52.9 Å². The summed E-state index contributed by atoms with van der Waals surface area (Å²) in [5.74, 6) is 0.101. The van der Waals surface area contributed by atoms with Crippen molar-refractivity contribution in [1.82, 2.24) is 10.2 Å². The number of piperidine rings is 1. The van der Waals surface area contributed by atoms with Crippen LogP contribution < -0.4 is 5.32 Å². The fourth-order valence-corrected chi connectivity index (χ4v) is 4.28. The molecule has 0 radical (unpaired) electrons. The molecule has 1 aliphatic rings. The van der Waals surface area contributed by atoms with Crippen LogP contribution in [0.5, 0.6) is 0 Å². The number of likely N-dealkylation sites (tertiary alicyclic amines) is 1. The van der Waals surface area contributed by atoms with Crippen LogP contribution in [0.25, 0.3) is 0 Å². The van der Waals surface area contributed by atoms with Gasteiger partial charge in [-0.05, 0) is 56.0 Å². The fraction of sp³-hybridized carbons (Fsp3) is 0.435. The number of hydrogen-bond donors (Lipinski definition) is 1. The molecule has 0 aliphatic carbocycles. The molecule has 156 valence electrons. The maximum Gasteiger partial charge on any atom is 0.416 e. The van der Waals surface area contributed by atoms with Gasteiger partial charge in [0.25, 0.3) is 5.91 Å². The zero-order valence-corrected chi connectivity index (χ0v) is 17.0. The van der Waals surface area contributed by atoms with Crippen molar-refractivity contribution in [1.29, 1.82) is 0 Å². The lowest BCUT2D eigenvalue weighted by Crippen LogP contribution is -2.48. The molecule has 3 atom stereocenters. The molecule has 6 heteroatoms. The molecule has 1 fully saturated rings. The first-order valence-electron chi connectivity index (χ1n) is 9.91. The van der Waals surface area contributed by atoms with Crippen LogP contribution in [-0.4, -0.2) is 30.4 Å². The van der Waals surface area contributed by atoms with Crippen LogP contribution >= 0.6 is 0 Å². The van der Waals surface area contributed by atoms with E-state index < -0.39 is 17.6 Å². The summed E-state index contributed by atoms with van der Waals surface area (Å²) in [5, 5.41) is 3.04. The minimum Gasteiger partial charge on any atom is -0.344 e. The number of halogens is 3. The van der Waals surface area contributed by atoms with E-state index in [1.165, 1.54) is 19.1 Å². The van der Waals surface area contributed by atoms with Gasteiger partial charge in [0.05, 0.1) is 11.6 Å². The Labute approximate surface area is 169 Å². The third kappa shape index (κ3) is 4.81. The highest BCUT2D eigenvalue weighted by Gasteiger charge is 2.35. The van der Waals surface area contributed by atoms with Crippen LogP contribution in [0.4, 0.5) is 13.2 Å². The quantitative estimate of drug-likeness (QED) is 0.758. The van der Waals surface area contributed by atoms with E-state index in [1.54, 1.807) is 0 Å². The maximum absolute atomic E-state index is 13.3. The number of likely N-dealkylation sites (N-methyl/N-ethyl adjacent to an activating group) is 1. The van der Waals surface area contributed by atoms with Crippen molar-refractivity contribution in [2.45, 2.75) is 44.9 Å². The van der Waals surface area contributed by atoms with E-state index in [9.17, 15) is 18.0 Å². The Morgan fingerprint density at radius 1 is 1.10 bits per heavy atom. The van der Waals surface area contributed by atoms with Gasteiger partial charge >= 0.3 is 6.18 Å². The second-order valence-corrected chi connectivity index (χ2v) is 8.03. The lowest BCUT2D eigenvalue weighted by molar-refractivity contribution is -0.138. The van der Waals surface area contributed by atoms with Crippen molar-refractivity contribution < 1.29 is 18.0 Å². The van der Waals surface area contributed by atoms with Crippen LogP contribution in [0, 0.1) is 12.8 Å². The number of rotatable bonds is 4. The summed E-state index contributed by atoms with van der Waals surface area (Å²) >= 11 is 0. The van der Waals surface area contributed by atoms with Gasteiger partial charge in [0.15, 0.2) is 0 Å². The summed E-state index contributed by atoms with van der Waals surface area (Å²) in [6, 6.07) is 13.2. The topological polar surface area (TPSA) is 32.3 Å². The molecule has 0 aromatic heterocycles. The van der Waals surface area contributed by atoms with E-state index >= 15 is 0 Å². The molecule has 3 rings (SSSR count). The summed E-state index contributed by atoms with van der Waals surface area (Å²) in [4.78, 5) is 15.3. The van der Waals surface area contributed by atoms with Crippen molar-refractivity contribution in [3.8, 4) is 0 Å². The molecule has 0 saturated carbocycles. The average molecular weight is 404 g/mol. The molecule has 0 spiro atoms. The highest BCUT2D eigenvalue weighted by atomic mass is 19.4. The molecule has 3 unspecified atom stereocenters. The number of carbonyl (C=O) groups is 1. The third-order valence-electron chi connectivity index (χ3n) is 5.83. The molecule has 1 saturated heterocycles. The highest BCUT2D eigenvalue weighted by molar-refractivity contribution is 5.96. The number of carbonyl (C=O) groups excluding carboxylic acids is 1. The largest absolute Gasteiger partial charge is 0.416 e. The molecule has 2 aromatic carbocycles. The van der Waals surface area contributed by atoms with Gasteiger partial charge in [0, 0.05) is 18.2 Å². The standard InChI is InChI=1S/C23H27F3N2O/c1-15-12-13-20(28(3)14-15)21(17-8-5-4-6-9-17)27-22(29)18-10-7-11-19(16(18)2)23(24,25)26/h4-11,15,20-21H,12-14H2,1-3H3,(H,27,29). The van der Waals surface area contributed by atoms with E-state index in [-0.39, 0.29) is 23.2 Å². The number of nitrogens with one attached hydrogen (secondary N) is 1. The van der Waals surface area contributed by atoms with Crippen molar-refractivity contribution in [3.63, 3.8) is 0 Å². The predicted octanol–water partition coefficient (Wildman–Crippen LogP) is 5.22. The number of alkyl halides is 3. The first kappa shape index (κ1) is 21.4. The third-order valence-corrected chi connectivity index (χ3v) is 5.83. The van der Waals surface area contributed by atoms with Gasteiger partial charge in [-0.25, -0.2) is 0 Å². The molecule has 1 N–H and O–H groups in total. The monoisotopic (exact) mass is 404 g/mol. The molecule has 3 nitrogen and oxygen atoms in total. The van der Waals surface area contributed by atoms with E-state index in [2.05, 4.69) is 17.1 Å². The number of benzene rings is 2. The second kappa shape index (κ2) is 8.57. The molecular formula is C23H27F3N2O. The van der Waals surface area contributed by atoms with Gasteiger partial charge in [-0.15, -0.1) is 0 Å². The van der Waals surface area contributed by atoms with E-state index in [4.69, 9.17) is 0 Å². The van der Waals surface area contributed by atoms with Crippen LogP contribution in [-0.2, 0) is 6.18 Å². The van der Waals surface area contributed by atoms with Crippen LogP contribution in [0.2, 0.25) is 0 Å². The summed E-state index contributed by atoms with van der Waals surface area (Å²) in [6.45, 7) is 4.48. The Morgan fingerprint density at radius 3 is 2.41 bits per heavy atom. The van der Waals surface area contributed by atoms with Crippen molar-refractivity contribution in [2.75, 3.05) is 13.6 Å². The number of nitrogens with zero attached hydrogens (tertiary/aromatic N) is 1. The Morgan fingerprint density at radius 2 is 1.79 bits per heavy atom. The first-order valence-corrected chi connectivity index (χ1v) is 9.91. The summed E-state index contributed by atoms with van der Waals surface area (Å²) < 4.78 is 39.8. The minimum atomic E-state index is -4.49. The molecule has 1 heterocycles. The van der Waals surface area contributed by atoms with Crippen molar-refractivity contribution in [3.05, 3.63) is 70.8 Å². The first-order chi connectivity index (χ1) is 13.7. The van der Waals surface area contributed by atoms with Crippen LogP contribution in [0.15, 0.2) is 48.5 Å². The highest BCUT2D eigenvalue weighted by Crippen LogP contribution is 2.34. The number of amides is 1. The van der Waals surface area contributed by atoms with Gasteiger partial charge in [-0.2, -0.15) is 13.2 Å². The second-order valence-electron chi connectivity index (χ2n) is 8.03. The van der Waals surface area contributed by atoms with E-state index in [0.717, 1.165) is 31.0 Å². The molecule has 0 bridgehead atoms. The Hall–Kier alpha value is -2.34. The summed E-state index contributed by atoms with van der Waals surface area (Å²) in [5.41, 5.74) is 0.199. The minimum absolute atomic E-state index is 0.0464. The van der Waals surface area contributed by atoms with Gasteiger partial charge in [0.2, 0.25) is 0 Å². The lowest BCUT2D eigenvalue weighted by atomic mass is 9.87. The molecule has 2 aromatic rings. The van der Waals surface area contributed by atoms with E-state index in [0.29, 0.717) is 5.92 Å². The van der Waals surface area contributed by atoms with Gasteiger partial charge in [0.1, 0.15) is 0 Å². The zero-order valence-electron chi connectivity index (χ0n) is 17.0. The summed E-state index contributed by atoms with van der Waals surface area (Å²) in [6.07, 6.45) is -2.52. The summed E-state index contributed by atoms with van der Waals surface area (Å²) in [7, 11) is 2.04. The van der Waals surface area contributed by atoms with Gasteiger partial charge in [-0.3, -0.25) is 4.79 Å². The molecule has 1 amide bonds. The normalized spacial score (nSPS) is 21.6. The molecular weight excluding hydrogens is 377 g/mol. The van der Waals surface area contributed by atoms with Gasteiger partial charge < -0.3 is 10.2 Å². The fourth-order valence-electron chi connectivity index (χ4n) is 4.28. The smallest absolute Gasteiger partial charge is 0.344 e.